The number of unbranched alkanes of at least 4 members (excludes halogenated alkanes) is 2. The van der Waals surface area contributed by atoms with Gasteiger partial charge >= 0.3 is 0 Å². The van der Waals surface area contributed by atoms with Gasteiger partial charge in [-0.25, -0.2) is 0 Å². The van der Waals surface area contributed by atoms with Gasteiger partial charge < -0.3 is 9.92 Å². The topological polar surface area (TPSA) is 40.5 Å². The quantitative estimate of drug-likeness (QED) is 0.496. The van der Waals surface area contributed by atoms with E-state index in [-0.39, 0.29) is 12.0 Å². The smallest absolute Gasteiger partial charge is 0.292 e. The predicted molar refractivity (Wildman–Crippen MR) is 81.8 cm³/mol. The van der Waals surface area contributed by atoms with Crippen molar-refractivity contribution in [2.45, 2.75) is 69.6 Å². The van der Waals surface area contributed by atoms with Crippen LogP contribution in [0.5, 0.6) is 0 Å². The van der Waals surface area contributed by atoms with Crippen molar-refractivity contribution in [2.75, 3.05) is 0 Å². The summed E-state index contributed by atoms with van der Waals surface area (Å²) in [5.74, 6) is -2.00. The van der Waals surface area contributed by atoms with Crippen molar-refractivity contribution in [1.82, 2.24) is 4.81 Å². The van der Waals surface area contributed by atoms with Gasteiger partial charge in [-0.15, -0.1) is 0 Å². The van der Waals surface area contributed by atoms with Crippen molar-refractivity contribution < 1.29 is 9.90 Å². The number of carboxylic acids is 1. The highest BCUT2D eigenvalue weighted by atomic mass is 16.4. The molecule has 0 aliphatic rings. The number of hydrogen-bond donors (Lipinski definition) is 1. The van der Waals surface area contributed by atoms with E-state index in [9.17, 15) is 4.79 Å². The Kier molecular flexibility index (Phi) is 7.34. The molecule has 0 aromatic carbocycles. The Morgan fingerprint density at radius 2 is 1.84 bits per heavy atom. The molecule has 0 heterocycles. The van der Waals surface area contributed by atoms with E-state index in [1.165, 1.54) is 4.81 Å². The molecule has 1 atom stereocenters. The fourth-order valence-corrected chi connectivity index (χ4v) is 1.92. The van der Waals surface area contributed by atoms with Crippen LogP contribution in [0.2, 0.25) is 5.21 Å². The Hall–Kier alpha value is -0.310. The third-order valence-corrected chi connectivity index (χ3v) is 3.39. The molecule has 1 unspecified atom stereocenters. The lowest BCUT2D eigenvalue weighted by Gasteiger charge is -2.43. The first-order valence-electron chi connectivity index (χ1n) is 6.65. The van der Waals surface area contributed by atoms with E-state index in [4.69, 9.17) is 36.6 Å². The maximum Gasteiger partial charge on any atom is 0.292 e. The van der Waals surface area contributed by atoms with Gasteiger partial charge in [-0.1, -0.05) is 26.2 Å². The molecule has 0 aliphatic carbocycles. The van der Waals surface area contributed by atoms with Crippen LogP contribution >= 0.6 is 0 Å². The Balaban J connectivity index is 4.53. The lowest BCUT2D eigenvalue weighted by Crippen LogP contribution is -2.50. The summed E-state index contributed by atoms with van der Waals surface area (Å²) in [5.41, 5.74) is -0.330. The van der Waals surface area contributed by atoms with Gasteiger partial charge in [0.1, 0.15) is 0 Å². The minimum atomic E-state index is -1.86. The minimum absolute atomic E-state index is 0.115. The standard InChI is InChI=1S/C12H21B4NO2/c1-4-5-6-7-11(2,3)17(16)9(13)8-12(14,15)10(18)19/h9H,4-8H2,1-3H3,(H,18,19). The zero-order valence-corrected chi connectivity index (χ0v) is 12.2. The first-order valence-corrected chi connectivity index (χ1v) is 6.65. The fraction of sp³-hybridized carbons (Fsp3) is 0.917. The van der Waals surface area contributed by atoms with Crippen molar-refractivity contribution in [3.8, 4) is 0 Å². The van der Waals surface area contributed by atoms with Crippen LogP contribution in [0.4, 0.5) is 0 Å². The summed E-state index contributed by atoms with van der Waals surface area (Å²) >= 11 is 0. The Labute approximate surface area is 122 Å². The Bertz CT molecular complexity index is 297. The van der Waals surface area contributed by atoms with Crippen LogP contribution in [0.1, 0.15) is 52.9 Å². The summed E-state index contributed by atoms with van der Waals surface area (Å²) in [4.78, 5) is 12.3. The van der Waals surface area contributed by atoms with Crippen LogP contribution in [0.25, 0.3) is 0 Å². The number of carbonyl (C=O) groups is 1. The van der Waals surface area contributed by atoms with E-state index in [1.54, 1.807) is 0 Å². The van der Waals surface area contributed by atoms with E-state index in [0.29, 0.717) is 0 Å². The molecule has 0 rings (SSSR count). The van der Waals surface area contributed by atoms with Crippen LogP contribution in [0.3, 0.4) is 0 Å². The number of aliphatic carboxylic acids is 1. The summed E-state index contributed by atoms with van der Waals surface area (Å²) in [6, 6.07) is 0. The highest BCUT2D eigenvalue weighted by molar-refractivity contribution is 6.50. The number of rotatable bonds is 9. The van der Waals surface area contributed by atoms with Gasteiger partial charge in [-0.2, -0.15) is 0 Å². The van der Waals surface area contributed by atoms with E-state index < -0.39 is 17.1 Å². The molecule has 0 aliphatic heterocycles. The molecule has 0 fully saturated rings. The van der Waals surface area contributed by atoms with Crippen LogP contribution in [-0.2, 0) is 4.79 Å². The second-order valence-corrected chi connectivity index (χ2v) is 5.79. The van der Waals surface area contributed by atoms with Crippen molar-refractivity contribution in [1.29, 1.82) is 0 Å². The monoisotopic (exact) mass is 255 g/mol. The minimum Gasteiger partial charge on any atom is -0.482 e. The summed E-state index contributed by atoms with van der Waals surface area (Å²) in [6.45, 7) is 6.07. The third-order valence-electron chi connectivity index (χ3n) is 3.39. The van der Waals surface area contributed by atoms with Crippen molar-refractivity contribution in [3.05, 3.63) is 0 Å². The average Bonchev–Trinajstić information content (AvgIpc) is 2.27. The molecule has 0 aromatic heterocycles. The zero-order valence-electron chi connectivity index (χ0n) is 12.2. The van der Waals surface area contributed by atoms with Crippen LogP contribution in [-0.4, -0.2) is 58.9 Å². The second-order valence-electron chi connectivity index (χ2n) is 5.79. The Morgan fingerprint density at radius 1 is 1.32 bits per heavy atom. The molecular weight excluding hydrogens is 233 g/mol. The molecular formula is C12H21B4NO2. The molecule has 3 nitrogen and oxygen atoms in total. The normalized spacial score (nSPS) is 14.5. The molecule has 7 heteroatoms. The maximum absolute atomic E-state index is 10.9. The van der Waals surface area contributed by atoms with Gasteiger partial charge in [-0.05, 0) is 37.8 Å². The molecule has 19 heavy (non-hydrogen) atoms. The molecule has 0 saturated heterocycles. The van der Waals surface area contributed by atoms with Gasteiger partial charge in [0.15, 0.2) is 7.98 Å². The van der Waals surface area contributed by atoms with E-state index >= 15 is 0 Å². The number of nitrogens with zero attached hydrogens (tertiary/aromatic N) is 1. The first-order chi connectivity index (χ1) is 8.54. The van der Waals surface area contributed by atoms with Crippen LogP contribution in [0, 0.1) is 0 Å². The van der Waals surface area contributed by atoms with Gasteiger partial charge in [0.05, 0.1) is 23.5 Å². The Morgan fingerprint density at radius 3 is 2.26 bits per heavy atom. The number of carboxylic acid groups (broad SMARTS) is 1. The average molecular weight is 255 g/mol. The van der Waals surface area contributed by atoms with Gasteiger partial charge in [0.25, 0.3) is 5.97 Å². The molecule has 0 amide bonds. The SMILES string of the molecule is [B]C(CC([B])([B])C(=O)O)N([B])C(C)(C)CCCCC. The van der Waals surface area contributed by atoms with Gasteiger partial charge in [-0.3, -0.25) is 4.79 Å². The highest BCUT2D eigenvalue weighted by Crippen LogP contribution is 2.29. The van der Waals surface area contributed by atoms with Crippen molar-refractivity contribution in [2.24, 2.45) is 0 Å². The molecule has 1 N–H and O–H groups in total. The van der Waals surface area contributed by atoms with E-state index in [0.717, 1.165) is 25.7 Å². The van der Waals surface area contributed by atoms with Gasteiger partial charge in [0.2, 0.25) is 0 Å². The predicted octanol–water partition coefficient (Wildman–Crippen LogP) is 1.15. The summed E-state index contributed by atoms with van der Waals surface area (Å²) in [6.07, 6.45) is 4.05. The molecule has 8 radical (unpaired) electrons. The molecule has 0 saturated carbocycles. The first kappa shape index (κ1) is 18.7. The second kappa shape index (κ2) is 7.47. The van der Waals surface area contributed by atoms with Crippen molar-refractivity contribution in [3.63, 3.8) is 0 Å². The van der Waals surface area contributed by atoms with Crippen molar-refractivity contribution >= 4 is 37.5 Å². The zero-order chi connectivity index (χ0) is 15.3. The molecule has 0 bridgehead atoms. The lowest BCUT2D eigenvalue weighted by molar-refractivity contribution is -0.138. The largest absolute Gasteiger partial charge is 0.482 e. The van der Waals surface area contributed by atoms with E-state index in [1.807, 2.05) is 13.8 Å². The molecule has 0 aromatic rings. The third kappa shape index (κ3) is 6.11. The highest BCUT2D eigenvalue weighted by Gasteiger charge is 2.32. The number of hydrogen-bond acceptors (Lipinski definition) is 2. The van der Waals surface area contributed by atoms with Crippen LogP contribution < -0.4 is 0 Å². The lowest BCUT2D eigenvalue weighted by atomic mass is 9.50. The summed E-state index contributed by atoms with van der Waals surface area (Å²) in [7, 11) is 22.9. The van der Waals surface area contributed by atoms with Gasteiger partial charge in [0, 0.05) is 5.54 Å². The summed E-state index contributed by atoms with van der Waals surface area (Å²) in [5, 5.41) is 7.02. The fourth-order valence-electron chi connectivity index (χ4n) is 1.92. The summed E-state index contributed by atoms with van der Waals surface area (Å²) < 4.78 is 0. The molecule has 98 valence electrons. The van der Waals surface area contributed by atoms with E-state index in [2.05, 4.69) is 6.92 Å². The molecule has 0 spiro atoms. The maximum atomic E-state index is 10.9. The van der Waals surface area contributed by atoms with Crippen LogP contribution in [0.15, 0.2) is 0 Å².